The van der Waals surface area contributed by atoms with Crippen LogP contribution in [0.2, 0.25) is 5.02 Å². The van der Waals surface area contributed by atoms with Crippen molar-refractivity contribution < 1.29 is 19.1 Å². The fourth-order valence-corrected chi connectivity index (χ4v) is 4.12. The highest BCUT2D eigenvalue weighted by molar-refractivity contribution is 6.31. The summed E-state index contributed by atoms with van der Waals surface area (Å²) in [4.78, 5) is 26.8. The van der Waals surface area contributed by atoms with Crippen LogP contribution in [0.5, 0.6) is 0 Å². The number of H-pyrrole nitrogens is 1. The molecular weight excluding hydrogens is 461 g/mol. The fourth-order valence-electron chi connectivity index (χ4n) is 3.85. The quantitative estimate of drug-likeness (QED) is 0.268. The number of aromatic amines is 1. The van der Waals surface area contributed by atoms with Crippen LogP contribution in [0, 0.1) is 12.7 Å². The molecule has 0 spiro atoms. The van der Waals surface area contributed by atoms with E-state index in [0.29, 0.717) is 40.5 Å². The summed E-state index contributed by atoms with van der Waals surface area (Å²) in [5, 5.41) is 16.4. The molecule has 1 fully saturated rings. The zero-order valence-corrected chi connectivity index (χ0v) is 19.1. The number of nitrogens with one attached hydrogen (secondary N) is 2. The van der Waals surface area contributed by atoms with Gasteiger partial charge >= 0.3 is 0 Å². The fraction of sp³-hybridized carbons (Fsp3) is 0.240. The van der Waals surface area contributed by atoms with E-state index in [1.165, 1.54) is 18.3 Å². The van der Waals surface area contributed by atoms with E-state index in [1.54, 1.807) is 31.2 Å². The van der Waals surface area contributed by atoms with Gasteiger partial charge < -0.3 is 20.2 Å². The first-order valence-corrected chi connectivity index (χ1v) is 11.1. The second-order valence-corrected chi connectivity index (χ2v) is 8.58. The minimum atomic E-state index is -0.672. The van der Waals surface area contributed by atoms with Gasteiger partial charge in [-0.05, 0) is 42.3 Å². The van der Waals surface area contributed by atoms with Crippen molar-refractivity contribution in [3.63, 3.8) is 0 Å². The molecule has 1 unspecified atom stereocenters. The predicted octanol–water partition coefficient (Wildman–Crippen LogP) is 4.00. The Hall–Kier alpha value is -3.49. The van der Waals surface area contributed by atoms with Crippen LogP contribution in [0.4, 0.5) is 4.39 Å². The van der Waals surface area contributed by atoms with Gasteiger partial charge in [-0.25, -0.2) is 4.39 Å². The van der Waals surface area contributed by atoms with Crippen LogP contribution in [0.1, 0.15) is 45.0 Å². The van der Waals surface area contributed by atoms with E-state index in [2.05, 4.69) is 15.5 Å². The van der Waals surface area contributed by atoms with Gasteiger partial charge in [0, 0.05) is 34.7 Å². The van der Waals surface area contributed by atoms with E-state index in [4.69, 9.17) is 16.3 Å². The number of oxime groups is 1. The number of pyridine rings is 1. The average molecular weight is 484 g/mol. The highest BCUT2D eigenvalue weighted by Crippen LogP contribution is 2.35. The van der Waals surface area contributed by atoms with E-state index in [9.17, 15) is 14.8 Å². The molecule has 2 heterocycles. The molecule has 3 aromatic rings. The number of hydrogen-bond donors (Lipinski definition) is 3. The maximum absolute atomic E-state index is 15.0. The van der Waals surface area contributed by atoms with E-state index in [0.717, 1.165) is 0 Å². The number of rotatable bonds is 7. The second kappa shape index (κ2) is 10.2. The van der Waals surface area contributed by atoms with Crippen molar-refractivity contribution in [1.29, 1.82) is 0 Å². The summed E-state index contributed by atoms with van der Waals surface area (Å²) in [7, 11) is 0. The van der Waals surface area contributed by atoms with Crippen molar-refractivity contribution >= 4 is 23.2 Å². The minimum Gasteiger partial charge on any atom is -0.411 e. The highest BCUT2D eigenvalue weighted by atomic mass is 35.5. The van der Waals surface area contributed by atoms with Crippen LogP contribution in [-0.2, 0) is 4.74 Å². The molecule has 176 valence electrons. The molecule has 0 saturated carbocycles. The van der Waals surface area contributed by atoms with Crippen molar-refractivity contribution in [2.75, 3.05) is 13.2 Å². The third-order valence-electron chi connectivity index (χ3n) is 5.83. The Morgan fingerprint density at radius 1 is 1.29 bits per heavy atom. The van der Waals surface area contributed by atoms with Crippen molar-refractivity contribution in [3.05, 3.63) is 104 Å². The number of carbonyl (C=O) groups excluding carboxylic acids is 1. The van der Waals surface area contributed by atoms with E-state index < -0.39 is 17.6 Å². The van der Waals surface area contributed by atoms with Crippen LogP contribution < -0.4 is 10.9 Å². The third-order valence-corrected chi connectivity index (χ3v) is 6.18. The summed E-state index contributed by atoms with van der Waals surface area (Å²) in [5.74, 6) is -1.67. The van der Waals surface area contributed by atoms with Gasteiger partial charge in [0.25, 0.3) is 11.5 Å². The zero-order chi connectivity index (χ0) is 24.2. The SMILES string of the molecule is Cc1cc(/C(CC(c2ccc(C(=O)NC3COC3)c(F)c2)c2ccccc2Cl)=N/O)c[nH]c1=O. The van der Waals surface area contributed by atoms with Crippen LogP contribution >= 0.6 is 11.6 Å². The second-order valence-electron chi connectivity index (χ2n) is 8.17. The van der Waals surface area contributed by atoms with E-state index in [1.807, 2.05) is 12.1 Å². The lowest BCUT2D eigenvalue weighted by Crippen LogP contribution is -2.48. The number of ether oxygens (including phenoxy) is 1. The number of aromatic nitrogens is 1. The van der Waals surface area contributed by atoms with Crippen LogP contribution in [-0.4, -0.2) is 41.1 Å². The van der Waals surface area contributed by atoms with Crippen LogP contribution in [0.15, 0.2) is 64.7 Å². The Bertz CT molecular complexity index is 1300. The van der Waals surface area contributed by atoms with E-state index in [-0.39, 0.29) is 29.3 Å². The van der Waals surface area contributed by atoms with Gasteiger partial charge in [0.15, 0.2) is 0 Å². The first kappa shape index (κ1) is 23.7. The number of hydrogen-bond acceptors (Lipinski definition) is 5. The Morgan fingerprint density at radius 2 is 2.06 bits per heavy atom. The Morgan fingerprint density at radius 3 is 2.68 bits per heavy atom. The van der Waals surface area contributed by atoms with Crippen LogP contribution in [0.3, 0.4) is 0 Å². The van der Waals surface area contributed by atoms with Crippen molar-refractivity contribution in [1.82, 2.24) is 10.3 Å². The van der Waals surface area contributed by atoms with E-state index >= 15 is 4.39 Å². The molecular formula is C25H23ClFN3O4. The molecule has 1 saturated heterocycles. The Balaban J connectivity index is 1.69. The van der Waals surface area contributed by atoms with Gasteiger partial charge in [-0.3, -0.25) is 9.59 Å². The summed E-state index contributed by atoms with van der Waals surface area (Å²) in [6.07, 6.45) is 1.63. The number of aryl methyl sites for hydroxylation is 1. The molecule has 9 heteroatoms. The topological polar surface area (TPSA) is 104 Å². The van der Waals surface area contributed by atoms with Crippen molar-refractivity contribution in [2.24, 2.45) is 5.16 Å². The summed E-state index contributed by atoms with van der Waals surface area (Å²) >= 11 is 6.47. The molecule has 7 nitrogen and oxygen atoms in total. The first-order chi connectivity index (χ1) is 16.4. The first-order valence-electron chi connectivity index (χ1n) is 10.7. The standard InChI is InChI=1S/C25H23ClFN3O4/c1-14-8-16(11-28-24(14)31)23(30-33)10-20(18-4-2-3-5-21(18)26)15-6-7-19(22(27)9-15)25(32)29-17-12-34-13-17/h2-9,11,17,20,33H,10,12-13H2,1H3,(H,28,31)(H,29,32)/b30-23+. The monoisotopic (exact) mass is 483 g/mol. The van der Waals surface area contributed by atoms with Crippen LogP contribution in [0.25, 0.3) is 0 Å². The zero-order valence-electron chi connectivity index (χ0n) is 18.3. The lowest BCUT2D eigenvalue weighted by atomic mass is 9.85. The number of carbonyl (C=O) groups is 1. The molecule has 34 heavy (non-hydrogen) atoms. The molecule has 0 aliphatic carbocycles. The summed E-state index contributed by atoms with van der Waals surface area (Å²) in [6.45, 7) is 2.47. The average Bonchev–Trinajstić information content (AvgIpc) is 2.79. The molecule has 0 radical (unpaired) electrons. The molecule has 1 amide bonds. The molecule has 3 N–H and O–H groups in total. The molecule has 1 aromatic heterocycles. The molecule has 0 bridgehead atoms. The molecule has 2 aromatic carbocycles. The molecule has 1 aliphatic heterocycles. The van der Waals surface area contributed by atoms with Gasteiger partial charge in [0.05, 0.1) is 30.5 Å². The van der Waals surface area contributed by atoms with Gasteiger partial charge in [-0.15, -0.1) is 0 Å². The van der Waals surface area contributed by atoms with Crippen molar-refractivity contribution in [3.8, 4) is 0 Å². The highest BCUT2D eigenvalue weighted by Gasteiger charge is 2.25. The molecule has 4 rings (SSSR count). The smallest absolute Gasteiger partial charge is 0.254 e. The number of nitrogens with zero attached hydrogens (tertiary/aromatic N) is 1. The normalized spacial score (nSPS) is 15.0. The van der Waals surface area contributed by atoms with Gasteiger partial charge in [0.1, 0.15) is 5.82 Å². The van der Waals surface area contributed by atoms with Gasteiger partial charge in [0.2, 0.25) is 0 Å². The minimum absolute atomic E-state index is 0.0686. The largest absolute Gasteiger partial charge is 0.411 e. The molecule has 1 aliphatic rings. The van der Waals surface area contributed by atoms with Crippen molar-refractivity contribution in [2.45, 2.75) is 25.3 Å². The summed E-state index contributed by atoms with van der Waals surface area (Å²) in [6, 6.07) is 13.0. The maximum atomic E-state index is 15.0. The van der Waals surface area contributed by atoms with Gasteiger partial charge in [-0.1, -0.05) is 41.0 Å². The Kier molecular flexibility index (Phi) is 7.09. The predicted molar refractivity (Wildman–Crippen MR) is 127 cm³/mol. The summed E-state index contributed by atoms with van der Waals surface area (Å²) < 4.78 is 20.1. The Labute approximate surface area is 200 Å². The maximum Gasteiger partial charge on any atom is 0.254 e. The summed E-state index contributed by atoms with van der Waals surface area (Å²) in [5.41, 5.74) is 2.22. The lowest BCUT2D eigenvalue weighted by molar-refractivity contribution is -0.00353. The molecule has 1 atom stereocenters. The number of halogens is 2. The van der Waals surface area contributed by atoms with Gasteiger partial charge in [-0.2, -0.15) is 0 Å². The lowest BCUT2D eigenvalue weighted by Gasteiger charge is -2.27. The third kappa shape index (κ3) is 5.03. The number of benzene rings is 2. The number of amides is 1.